The summed E-state index contributed by atoms with van der Waals surface area (Å²) in [7, 11) is 0. The van der Waals surface area contributed by atoms with Crippen LogP contribution in [0.15, 0.2) is 42.0 Å². The zero-order valence-corrected chi connectivity index (χ0v) is 13.8. The Morgan fingerprint density at radius 2 is 2.04 bits per heavy atom. The van der Waals surface area contributed by atoms with Crippen LogP contribution >= 0.6 is 11.6 Å². The lowest BCUT2D eigenvalue weighted by molar-refractivity contribution is -0.385. The molecule has 0 saturated heterocycles. The van der Waals surface area contributed by atoms with Crippen LogP contribution in [0.3, 0.4) is 0 Å². The first-order valence-corrected chi connectivity index (χ1v) is 7.62. The molecule has 0 aromatic heterocycles. The smallest absolute Gasteiger partial charge is 0.280 e. The average Bonchev–Trinajstić information content (AvgIpc) is 3.06. The minimum Gasteiger partial charge on any atom is -0.454 e. The maximum Gasteiger partial charge on any atom is 0.280 e. The number of nitrogens with zero attached hydrogens (tertiary/aromatic N) is 2. The standard InChI is InChI=1S/C17H10ClN3O5/c18-12-2-1-3-13(6-12)20-17(22)11(8-19)4-10-5-15-16(26-9-25-15)7-14(10)21(23)24/h1-7H,9H2,(H,20,22). The first-order valence-electron chi connectivity index (χ1n) is 7.24. The van der Waals surface area contributed by atoms with E-state index in [-0.39, 0.29) is 29.4 Å². The molecule has 1 aliphatic heterocycles. The lowest BCUT2D eigenvalue weighted by atomic mass is 10.1. The first kappa shape index (κ1) is 17.3. The van der Waals surface area contributed by atoms with Crippen molar-refractivity contribution in [2.75, 3.05) is 12.1 Å². The Kier molecular flexibility index (Phi) is 4.73. The summed E-state index contributed by atoms with van der Waals surface area (Å²) in [6.45, 7) is -0.0555. The van der Waals surface area contributed by atoms with Crippen molar-refractivity contribution < 1.29 is 19.2 Å². The van der Waals surface area contributed by atoms with E-state index in [9.17, 15) is 20.2 Å². The van der Waals surface area contributed by atoms with Gasteiger partial charge in [0.15, 0.2) is 11.5 Å². The third kappa shape index (κ3) is 3.58. The van der Waals surface area contributed by atoms with Gasteiger partial charge in [-0.3, -0.25) is 14.9 Å². The molecule has 1 amide bonds. The van der Waals surface area contributed by atoms with Gasteiger partial charge in [0.25, 0.3) is 11.6 Å². The highest BCUT2D eigenvalue weighted by atomic mass is 35.5. The Morgan fingerprint density at radius 3 is 2.69 bits per heavy atom. The lowest BCUT2D eigenvalue weighted by Gasteiger charge is -2.05. The van der Waals surface area contributed by atoms with Gasteiger partial charge in [-0.25, -0.2) is 0 Å². The summed E-state index contributed by atoms with van der Waals surface area (Å²) in [6, 6.07) is 10.7. The molecule has 2 aromatic rings. The fourth-order valence-electron chi connectivity index (χ4n) is 2.29. The van der Waals surface area contributed by atoms with Crippen molar-refractivity contribution in [3.05, 3.63) is 62.7 Å². The van der Waals surface area contributed by atoms with E-state index in [1.165, 1.54) is 18.2 Å². The van der Waals surface area contributed by atoms with Crippen molar-refractivity contribution in [3.63, 3.8) is 0 Å². The molecule has 0 spiro atoms. The molecular weight excluding hydrogens is 362 g/mol. The molecule has 1 N–H and O–H groups in total. The van der Waals surface area contributed by atoms with E-state index in [1.54, 1.807) is 24.3 Å². The summed E-state index contributed by atoms with van der Waals surface area (Å²) in [5, 5.41) is 23.5. The van der Waals surface area contributed by atoms with Gasteiger partial charge in [-0.15, -0.1) is 0 Å². The molecule has 0 radical (unpaired) electrons. The van der Waals surface area contributed by atoms with Gasteiger partial charge in [-0.05, 0) is 30.3 Å². The third-order valence-electron chi connectivity index (χ3n) is 3.47. The van der Waals surface area contributed by atoms with Crippen molar-refractivity contribution in [2.45, 2.75) is 0 Å². The highest BCUT2D eigenvalue weighted by Gasteiger charge is 2.23. The number of nitrogens with one attached hydrogen (secondary N) is 1. The zero-order chi connectivity index (χ0) is 18.7. The van der Waals surface area contributed by atoms with E-state index in [2.05, 4.69) is 5.32 Å². The number of halogens is 1. The monoisotopic (exact) mass is 371 g/mol. The van der Waals surface area contributed by atoms with Crippen LogP contribution in [0.5, 0.6) is 11.5 Å². The number of anilines is 1. The molecule has 0 saturated carbocycles. The van der Waals surface area contributed by atoms with Gasteiger partial charge in [0.05, 0.1) is 16.6 Å². The van der Waals surface area contributed by atoms with Crippen molar-refractivity contribution in [1.29, 1.82) is 5.26 Å². The average molecular weight is 372 g/mol. The van der Waals surface area contributed by atoms with Gasteiger partial charge in [0, 0.05) is 10.7 Å². The number of fused-ring (bicyclic) bond motifs is 1. The molecule has 2 aromatic carbocycles. The number of rotatable bonds is 4. The van der Waals surface area contributed by atoms with E-state index in [0.29, 0.717) is 16.5 Å². The SMILES string of the molecule is N#CC(=Cc1cc2c(cc1[N+](=O)[O-])OCO2)C(=O)Nc1cccc(Cl)c1. The number of carbonyl (C=O) groups excluding carboxylic acids is 1. The lowest BCUT2D eigenvalue weighted by Crippen LogP contribution is -2.13. The van der Waals surface area contributed by atoms with E-state index in [1.807, 2.05) is 0 Å². The second kappa shape index (κ2) is 7.13. The molecule has 130 valence electrons. The van der Waals surface area contributed by atoms with Gasteiger partial charge in [-0.1, -0.05) is 17.7 Å². The number of amides is 1. The highest BCUT2D eigenvalue weighted by Crippen LogP contribution is 2.38. The number of ether oxygens (including phenoxy) is 2. The molecule has 0 atom stereocenters. The summed E-state index contributed by atoms with van der Waals surface area (Å²) in [4.78, 5) is 22.9. The van der Waals surface area contributed by atoms with Crippen molar-refractivity contribution in [2.24, 2.45) is 0 Å². The second-order valence-corrected chi connectivity index (χ2v) is 5.59. The van der Waals surface area contributed by atoms with E-state index in [4.69, 9.17) is 21.1 Å². The summed E-state index contributed by atoms with van der Waals surface area (Å²) >= 11 is 5.85. The number of nitro groups is 1. The first-order chi connectivity index (χ1) is 12.5. The van der Waals surface area contributed by atoms with Crippen molar-refractivity contribution in [1.82, 2.24) is 0 Å². The third-order valence-corrected chi connectivity index (χ3v) is 3.70. The highest BCUT2D eigenvalue weighted by molar-refractivity contribution is 6.31. The van der Waals surface area contributed by atoms with Crippen molar-refractivity contribution in [3.8, 4) is 17.6 Å². The second-order valence-electron chi connectivity index (χ2n) is 5.16. The molecule has 0 unspecified atom stereocenters. The van der Waals surface area contributed by atoms with Gasteiger partial charge in [0.1, 0.15) is 11.6 Å². The van der Waals surface area contributed by atoms with Crippen LogP contribution in [0.25, 0.3) is 6.08 Å². The molecule has 1 heterocycles. The largest absolute Gasteiger partial charge is 0.454 e. The molecule has 0 bridgehead atoms. The number of nitro benzene ring substituents is 1. The van der Waals surface area contributed by atoms with Crippen LogP contribution in [-0.4, -0.2) is 17.6 Å². The van der Waals surface area contributed by atoms with Crippen LogP contribution in [0.2, 0.25) is 5.02 Å². The van der Waals surface area contributed by atoms with Crippen LogP contribution in [0.4, 0.5) is 11.4 Å². The van der Waals surface area contributed by atoms with Crippen molar-refractivity contribution >= 4 is 35.0 Å². The summed E-state index contributed by atoms with van der Waals surface area (Å²) < 4.78 is 10.3. The predicted octanol–water partition coefficient (Wildman–Crippen LogP) is 3.52. The van der Waals surface area contributed by atoms with Gasteiger partial charge >= 0.3 is 0 Å². The Labute approximate surface area is 152 Å². The van der Waals surface area contributed by atoms with Gasteiger partial charge in [0.2, 0.25) is 6.79 Å². The molecule has 1 aliphatic rings. The molecule has 26 heavy (non-hydrogen) atoms. The number of benzene rings is 2. The maximum atomic E-state index is 12.3. The van der Waals surface area contributed by atoms with E-state index >= 15 is 0 Å². The molecule has 0 aliphatic carbocycles. The van der Waals surface area contributed by atoms with Crippen LogP contribution in [0.1, 0.15) is 5.56 Å². The van der Waals surface area contributed by atoms with Gasteiger partial charge < -0.3 is 14.8 Å². The summed E-state index contributed by atoms with van der Waals surface area (Å²) in [5.74, 6) is -0.188. The van der Waals surface area contributed by atoms with E-state index < -0.39 is 10.8 Å². The van der Waals surface area contributed by atoms with Crippen LogP contribution < -0.4 is 14.8 Å². The summed E-state index contributed by atoms with van der Waals surface area (Å²) in [5.41, 5.74) is -0.176. The molecular formula is C17H10ClN3O5. The Balaban J connectivity index is 1.95. The summed E-state index contributed by atoms with van der Waals surface area (Å²) in [6.07, 6.45) is 1.12. The Morgan fingerprint density at radius 1 is 1.31 bits per heavy atom. The minimum absolute atomic E-state index is 0.0528. The molecule has 3 rings (SSSR count). The van der Waals surface area contributed by atoms with E-state index in [0.717, 1.165) is 6.08 Å². The predicted molar refractivity (Wildman–Crippen MR) is 92.9 cm³/mol. The number of hydrogen-bond acceptors (Lipinski definition) is 6. The number of nitriles is 1. The molecule has 9 heteroatoms. The molecule has 8 nitrogen and oxygen atoms in total. The topological polar surface area (TPSA) is 114 Å². The fourth-order valence-corrected chi connectivity index (χ4v) is 2.48. The normalized spacial score (nSPS) is 12.4. The quantitative estimate of drug-likeness (QED) is 0.380. The number of hydrogen-bond donors (Lipinski definition) is 1. The van der Waals surface area contributed by atoms with Gasteiger partial charge in [-0.2, -0.15) is 5.26 Å². The minimum atomic E-state index is -0.721. The maximum absolute atomic E-state index is 12.3. The Hall–Kier alpha value is -3.57. The number of carbonyl (C=O) groups is 1. The zero-order valence-electron chi connectivity index (χ0n) is 13.1. The fraction of sp³-hybridized carbons (Fsp3) is 0.0588. The van der Waals surface area contributed by atoms with Crippen LogP contribution in [-0.2, 0) is 4.79 Å². The molecule has 0 fully saturated rings. The Bertz CT molecular complexity index is 981. The van der Waals surface area contributed by atoms with Crippen LogP contribution in [0, 0.1) is 21.4 Å².